The predicted molar refractivity (Wildman–Crippen MR) is 48.8 cm³/mol. The van der Waals surface area contributed by atoms with Crippen molar-refractivity contribution in [2.24, 2.45) is 4.15 Å². The van der Waals surface area contributed by atoms with Crippen molar-refractivity contribution < 1.29 is 38.4 Å². The molecule has 17 heavy (non-hydrogen) atoms. The summed E-state index contributed by atoms with van der Waals surface area (Å²) >= 11 is 0. The summed E-state index contributed by atoms with van der Waals surface area (Å²) in [7, 11) is -17.7. The standard InChI is InChI=1S/C3H4F5N2O4PS2/c1-2-16(11,12)9-15(7,8)10-17(13,14)3(4,5)6/h2,9H,1H2. The Bertz CT molecular complexity index is 556. The van der Waals surface area contributed by atoms with Gasteiger partial charge in [0, 0.05) is 5.41 Å². The molecule has 0 aliphatic rings. The van der Waals surface area contributed by atoms with Crippen LogP contribution < -0.4 is 4.49 Å². The van der Waals surface area contributed by atoms with Crippen LogP contribution in [0.1, 0.15) is 0 Å². The Hall–Kier alpha value is -0.520. The average Bonchev–Trinajstić information content (AvgIpc) is 1.97. The van der Waals surface area contributed by atoms with Crippen molar-refractivity contribution in [1.29, 1.82) is 0 Å². The highest BCUT2D eigenvalue weighted by atomic mass is 32.2. The minimum absolute atomic E-state index is 0.0311. The Morgan fingerprint density at radius 2 is 1.59 bits per heavy atom. The summed E-state index contributed by atoms with van der Waals surface area (Å²) in [5.74, 6) is 0. The van der Waals surface area contributed by atoms with Crippen LogP contribution in [0.2, 0.25) is 0 Å². The van der Waals surface area contributed by atoms with Crippen LogP contribution in [-0.2, 0) is 20.0 Å². The summed E-state index contributed by atoms with van der Waals surface area (Å²) in [5, 5.41) is -0.0311. The molecule has 0 unspecified atom stereocenters. The van der Waals surface area contributed by atoms with E-state index in [1.165, 1.54) is 4.15 Å². The normalized spacial score (nSPS) is 14.4. The zero-order valence-electron chi connectivity index (χ0n) is 7.52. The van der Waals surface area contributed by atoms with Gasteiger partial charge in [0.2, 0.25) is 10.0 Å². The first-order chi connectivity index (χ1) is 7.22. The highest BCUT2D eigenvalue weighted by molar-refractivity contribution is 7.99. The monoisotopic (exact) mass is 322 g/mol. The number of nitrogens with zero attached hydrogens (tertiary/aromatic N) is 1. The molecule has 0 spiro atoms. The lowest BCUT2D eigenvalue weighted by atomic mass is 11.3. The van der Waals surface area contributed by atoms with Crippen LogP contribution in [0, 0.1) is 0 Å². The molecule has 0 fully saturated rings. The fraction of sp³-hybridized carbons (Fsp3) is 0.333. The maximum absolute atomic E-state index is 12.7. The van der Waals surface area contributed by atoms with Gasteiger partial charge in [-0.15, -0.1) is 4.49 Å². The summed E-state index contributed by atoms with van der Waals surface area (Å²) in [6.45, 7) is 2.58. The van der Waals surface area contributed by atoms with Crippen LogP contribution in [0.25, 0.3) is 0 Å². The van der Waals surface area contributed by atoms with Crippen molar-refractivity contribution in [3.05, 3.63) is 12.0 Å². The van der Waals surface area contributed by atoms with Crippen molar-refractivity contribution in [2.75, 3.05) is 0 Å². The molecule has 0 atom stereocenters. The molecule has 0 aromatic carbocycles. The third-order valence-electron chi connectivity index (χ3n) is 0.959. The minimum atomic E-state index is -6.47. The summed E-state index contributed by atoms with van der Waals surface area (Å²) in [6, 6.07) is 0. The largest absolute Gasteiger partial charge is 0.518 e. The van der Waals surface area contributed by atoms with E-state index in [9.17, 15) is 38.4 Å². The van der Waals surface area contributed by atoms with Crippen molar-refractivity contribution in [2.45, 2.75) is 5.51 Å². The number of rotatable bonds is 4. The second kappa shape index (κ2) is 4.63. The van der Waals surface area contributed by atoms with E-state index >= 15 is 0 Å². The highest BCUT2D eigenvalue weighted by Crippen LogP contribution is 2.52. The van der Waals surface area contributed by atoms with Crippen LogP contribution >= 0.6 is 7.83 Å². The van der Waals surface area contributed by atoms with Gasteiger partial charge in [0.1, 0.15) is 0 Å². The third kappa shape index (κ3) is 5.10. The summed E-state index contributed by atoms with van der Waals surface area (Å²) in [5.41, 5.74) is -6.03. The maximum Gasteiger partial charge on any atom is 0.518 e. The predicted octanol–water partition coefficient (Wildman–Crippen LogP) is 1.78. The lowest BCUT2D eigenvalue weighted by molar-refractivity contribution is -0.0435. The summed E-state index contributed by atoms with van der Waals surface area (Å²) < 4.78 is 104. The fourth-order valence-electron chi connectivity index (χ4n) is 0.388. The van der Waals surface area contributed by atoms with E-state index in [0.29, 0.717) is 4.49 Å². The molecule has 0 radical (unpaired) electrons. The van der Waals surface area contributed by atoms with Crippen molar-refractivity contribution in [3.63, 3.8) is 0 Å². The molecule has 1 N–H and O–H groups in total. The molecule has 6 nitrogen and oxygen atoms in total. The molecular formula is C3H4F5N2O4PS2. The number of sulfonamides is 2. The second-order valence-corrected chi connectivity index (χ2v) is 7.48. The van der Waals surface area contributed by atoms with Crippen LogP contribution in [0.15, 0.2) is 16.1 Å². The molecule has 0 aromatic heterocycles. The Balaban J connectivity index is 5.59. The molecule has 0 bridgehead atoms. The topological polar surface area (TPSA) is 92.7 Å². The fourth-order valence-corrected chi connectivity index (χ4v) is 3.79. The number of halogens is 5. The molecule has 0 aliphatic carbocycles. The van der Waals surface area contributed by atoms with Crippen LogP contribution in [0.3, 0.4) is 0 Å². The van der Waals surface area contributed by atoms with Gasteiger partial charge in [0.25, 0.3) is 0 Å². The molecule has 14 heteroatoms. The summed E-state index contributed by atoms with van der Waals surface area (Å²) in [4.78, 5) is 0. The molecule has 0 amide bonds. The van der Waals surface area contributed by atoms with Crippen molar-refractivity contribution in [3.8, 4) is 0 Å². The van der Waals surface area contributed by atoms with Gasteiger partial charge in [0.05, 0.1) is 0 Å². The van der Waals surface area contributed by atoms with Gasteiger partial charge in [-0.1, -0.05) is 10.7 Å². The van der Waals surface area contributed by atoms with Gasteiger partial charge in [-0.05, 0) is 0 Å². The highest BCUT2D eigenvalue weighted by Gasteiger charge is 2.48. The number of alkyl halides is 3. The molecule has 0 saturated carbocycles. The van der Waals surface area contributed by atoms with E-state index in [4.69, 9.17) is 0 Å². The van der Waals surface area contributed by atoms with Gasteiger partial charge in [-0.3, -0.25) is 0 Å². The van der Waals surface area contributed by atoms with E-state index in [1.807, 2.05) is 0 Å². The first-order valence-corrected chi connectivity index (χ1v) is 7.74. The van der Waals surface area contributed by atoms with E-state index in [1.54, 1.807) is 0 Å². The molecule has 0 aliphatic heterocycles. The number of nitrogens with one attached hydrogen (secondary N) is 1. The van der Waals surface area contributed by atoms with E-state index < -0.39 is 33.4 Å². The van der Waals surface area contributed by atoms with E-state index in [0.717, 1.165) is 0 Å². The van der Waals surface area contributed by atoms with E-state index in [-0.39, 0.29) is 5.41 Å². The molecular weight excluding hydrogens is 318 g/mol. The second-order valence-electron chi connectivity index (χ2n) is 2.29. The SMILES string of the molecule is C=CS(=O)(=O)NP(F)(F)=NS(=O)(=O)C(F)(F)F. The van der Waals surface area contributed by atoms with Gasteiger partial charge >= 0.3 is 23.4 Å². The maximum atomic E-state index is 12.7. The summed E-state index contributed by atoms with van der Waals surface area (Å²) in [6.07, 6.45) is 0. The molecule has 102 valence electrons. The Labute approximate surface area is 93.0 Å². The van der Waals surface area contributed by atoms with Crippen molar-refractivity contribution >= 4 is 27.9 Å². The zero-order chi connectivity index (χ0) is 14.1. The van der Waals surface area contributed by atoms with Crippen LogP contribution in [0.4, 0.5) is 21.6 Å². The smallest absolute Gasteiger partial charge is 0.207 e. The molecule has 0 rings (SSSR count). The van der Waals surface area contributed by atoms with Crippen LogP contribution in [-0.4, -0.2) is 22.3 Å². The first-order valence-electron chi connectivity index (χ1n) is 3.23. The lowest BCUT2D eigenvalue weighted by Crippen LogP contribution is -2.22. The Morgan fingerprint density at radius 1 is 1.18 bits per heavy atom. The van der Waals surface area contributed by atoms with Crippen LogP contribution in [0.5, 0.6) is 0 Å². The van der Waals surface area contributed by atoms with Gasteiger partial charge in [-0.2, -0.15) is 30.0 Å². The minimum Gasteiger partial charge on any atom is -0.207 e. The lowest BCUT2D eigenvalue weighted by Gasteiger charge is -2.07. The Morgan fingerprint density at radius 3 is 1.88 bits per heavy atom. The first kappa shape index (κ1) is 16.5. The average molecular weight is 322 g/mol. The van der Waals surface area contributed by atoms with Gasteiger partial charge in [0.15, 0.2) is 0 Å². The van der Waals surface area contributed by atoms with Crippen molar-refractivity contribution in [1.82, 2.24) is 4.49 Å². The quantitative estimate of drug-likeness (QED) is 0.631. The number of hydrogen-bond acceptors (Lipinski definition) is 4. The molecule has 0 heterocycles. The van der Waals surface area contributed by atoms with E-state index in [2.05, 4.69) is 6.58 Å². The number of hydrogen-bond donors (Lipinski definition) is 1. The van der Waals surface area contributed by atoms with Gasteiger partial charge in [-0.25, -0.2) is 8.42 Å². The Kier molecular flexibility index (Phi) is 4.49. The third-order valence-corrected chi connectivity index (χ3v) is 5.56. The zero-order valence-corrected chi connectivity index (χ0v) is 10.0. The molecule has 0 saturated heterocycles. The molecule has 0 aromatic rings. The van der Waals surface area contributed by atoms with Gasteiger partial charge < -0.3 is 0 Å².